The predicted molar refractivity (Wildman–Crippen MR) is 80.2 cm³/mol. The molecule has 4 nitrogen and oxygen atoms in total. The van der Waals surface area contributed by atoms with Gasteiger partial charge in [-0.15, -0.1) is 5.10 Å². The van der Waals surface area contributed by atoms with Crippen molar-refractivity contribution >= 4 is 5.82 Å². The Kier molecular flexibility index (Phi) is 3.21. The first-order chi connectivity index (χ1) is 9.74. The normalized spacial score (nSPS) is 10.7. The summed E-state index contributed by atoms with van der Waals surface area (Å²) in [5, 5.41) is 7.90. The minimum absolute atomic E-state index is 0.492. The summed E-state index contributed by atoms with van der Waals surface area (Å²) in [7, 11) is 0. The zero-order valence-electron chi connectivity index (χ0n) is 11.3. The van der Waals surface area contributed by atoms with Crippen LogP contribution in [0.5, 0.6) is 0 Å². The van der Waals surface area contributed by atoms with Gasteiger partial charge in [-0.25, -0.2) is 4.68 Å². The van der Waals surface area contributed by atoms with Gasteiger partial charge in [0.2, 0.25) is 0 Å². The first-order valence-electron chi connectivity index (χ1n) is 6.54. The van der Waals surface area contributed by atoms with Crippen LogP contribution in [-0.2, 0) is 6.54 Å². The molecule has 0 aliphatic carbocycles. The van der Waals surface area contributed by atoms with Gasteiger partial charge in [-0.2, -0.15) is 0 Å². The molecule has 1 aromatic heterocycles. The van der Waals surface area contributed by atoms with Gasteiger partial charge in [0, 0.05) is 0 Å². The van der Waals surface area contributed by atoms with Gasteiger partial charge in [-0.3, -0.25) is 0 Å². The van der Waals surface area contributed by atoms with Gasteiger partial charge >= 0.3 is 0 Å². The molecule has 2 aromatic carbocycles. The summed E-state index contributed by atoms with van der Waals surface area (Å²) in [6.45, 7) is 2.61. The minimum Gasteiger partial charge on any atom is -0.381 e. The summed E-state index contributed by atoms with van der Waals surface area (Å²) >= 11 is 0. The summed E-state index contributed by atoms with van der Waals surface area (Å²) in [6, 6.07) is 18.8. The second-order valence-corrected chi connectivity index (χ2v) is 4.78. The Morgan fingerprint density at radius 1 is 0.950 bits per heavy atom. The molecule has 20 heavy (non-hydrogen) atoms. The molecule has 3 rings (SSSR count). The first-order valence-corrected chi connectivity index (χ1v) is 6.54. The van der Waals surface area contributed by atoms with Crippen molar-refractivity contribution in [3.63, 3.8) is 0 Å². The molecule has 0 radical (unpaired) electrons. The summed E-state index contributed by atoms with van der Waals surface area (Å²) in [5.74, 6) is 0.492. The minimum atomic E-state index is 0.492. The lowest BCUT2D eigenvalue weighted by atomic mass is 10.0. The van der Waals surface area contributed by atoms with Crippen LogP contribution in [0.15, 0.2) is 54.6 Å². The summed E-state index contributed by atoms with van der Waals surface area (Å²) in [6.07, 6.45) is 0. The second-order valence-electron chi connectivity index (χ2n) is 4.78. The molecule has 0 saturated heterocycles. The maximum absolute atomic E-state index is 5.70. The maximum Gasteiger partial charge on any atom is 0.168 e. The average Bonchev–Trinajstić information content (AvgIpc) is 2.81. The third-order valence-electron chi connectivity index (χ3n) is 3.41. The highest BCUT2D eigenvalue weighted by Gasteiger charge is 2.05. The Labute approximate surface area is 117 Å². The van der Waals surface area contributed by atoms with Gasteiger partial charge in [-0.05, 0) is 23.6 Å². The van der Waals surface area contributed by atoms with E-state index in [1.807, 2.05) is 29.8 Å². The third-order valence-corrected chi connectivity index (χ3v) is 3.41. The van der Waals surface area contributed by atoms with Crippen molar-refractivity contribution in [1.29, 1.82) is 0 Å². The fraction of sp³-hybridized carbons (Fsp3) is 0.125. The number of hydrogen-bond donors (Lipinski definition) is 1. The van der Waals surface area contributed by atoms with Crippen LogP contribution in [-0.4, -0.2) is 15.0 Å². The zero-order valence-corrected chi connectivity index (χ0v) is 11.3. The lowest BCUT2D eigenvalue weighted by Crippen LogP contribution is -2.04. The molecule has 3 aromatic rings. The highest BCUT2D eigenvalue weighted by molar-refractivity contribution is 5.63. The molecule has 0 bridgehead atoms. The van der Waals surface area contributed by atoms with E-state index in [4.69, 9.17) is 5.73 Å². The topological polar surface area (TPSA) is 56.7 Å². The molecule has 1 heterocycles. The lowest BCUT2D eigenvalue weighted by Gasteiger charge is -2.06. The van der Waals surface area contributed by atoms with Gasteiger partial charge in [0.05, 0.1) is 12.2 Å². The molecule has 0 aliphatic heterocycles. The Bertz CT molecular complexity index is 699. The van der Waals surface area contributed by atoms with Crippen molar-refractivity contribution < 1.29 is 0 Å². The Morgan fingerprint density at radius 3 is 2.20 bits per heavy atom. The average molecular weight is 264 g/mol. The summed E-state index contributed by atoms with van der Waals surface area (Å²) in [4.78, 5) is 0. The molecule has 0 saturated carbocycles. The number of benzene rings is 2. The van der Waals surface area contributed by atoms with Gasteiger partial charge < -0.3 is 5.73 Å². The molecule has 100 valence electrons. The number of nitrogens with two attached hydrogens (primary N) is 1. The standard InChI is InChI=1S/C16H16N4/c1-12-16(17)18-19-20(12)11-13-7-9-15(10-8-13)14-5-3-2-4-6-14/h2-10H,11,17H2,1H3. The molecule has 0 aliphatic rings. The van der Waals surface area contributed by atoms with E-state index in [1.54, 1.807) is 0 Å². The van der Waals surface area contributed by atoms with E-state index in [0.717, 1.165) is 5.69 Å². The third kappa shape index (κ3) is 2.40. The number of anilines is 1. The number of nitrogens with zero attached hydrogens (tertiary/aromatic N) is 3. The quantitative estimate of drug-likeness (QED) is 0.791. The lowest BCUT2D eigenvalue weighted by molar-refractivity contribution is 0.633. The van der Waals surface area contributed by atoms with Crippen LogP contribution >= 0.6 is 0 Å². The highest BCUT2D eigenvalue weighted by Crippen LogP contribution is 2.19. The molecule has 0 fully saturated rings. The van der Waals surface area contributed by atoms with Crippen molar-refractivity contribution in [2.75, 3.05) is 5.73 Å². The van der Waals surface area contributed by atoms with Crippen molar-refractivity contribution in [1.82, 2.24) is 15.0 Å². The Hall–Kier alpha value is -2.62. The molecular weight excluding hydrogens is 248 g/mol. The van der Waals surface area contributed by atoms with Gasteiger partial charge in [0.1, 0.15) is 0 Å². The van der Waals surface area contributed by atoms with Crippen molar-refractivity contribution in [2.24, 2.45) is 0 Å². The first kappa shape index (κ1) is 12.4. The van der Waals surface area contributed by atoms with E-state index < -0.39 is 0 Å². The summed E-state index contributed by atoms with van der Waals surface area (Å²) < 4.78 is 1.81. The van der Waals surface area contributed by atoms with Crippen molar-refractivity contribution in [3.8, 4) is 11.1 Å². The van der Waals surface area contributed by atoms with Crippen molar-refractivity contribution in [2.45, 2.75) is 13.5 Å². The van der Waals surface area contributed by atoms with Crippen LogP contribution in [0.25, 0.3) is 11.1 Å². The molecular formula is C16H16N4. The highest BCUT2D eigenvalue weighted by atomic mass is 15.4. The zero-order chi connectivity index (χ0) is 13.9. The van der Waals surface area contributed by atoms with Crippen LogP contribution in [0.4, 0.5) is 5.82 Å². The van der Waals surface area contributed by atoms with E-state index in [9.17, 15) is 0 Å². The number of hydrogen-bond acceptors (Lipinski definition) is 3. The molecule has 0 spiro atoms. The molecule has 2 N–H and O–H groups in total. The van der Waals surface area contributed by atoms with E-state index in [-0.39, 0.29) is 0 Å². The van der Waals surface area contributed by atoms with Gasteiger partial charge in [0.15, 0.2) is 5.82 Å². The van der Waals surface area contributed by atoms with Crippen LogP contribution in [0.2, 0.25) is 0 Å². The molecule has 4 heteroatoms. The van der Waals surface area contributed by atoms with Gasteiger partial charge in [-0.1, -0.05) is 59.8 Å². The fourth-order valence-electron chi connectivity index (χ4n) is 2.13. The molecule has 0 unspecified atom stereocenters. The predicted octanol–water partition coefficient (Wildman–Crippen LogP) is 2.88. The van der Waals surface area contributed by atoms with Crippen LogP contribution in [0, 0.1) is 6.92 Å². The molecule has 0 atom stereocenters. The van der Waals surface area contributed by atoms with Crippen LogP contribution in [0.3, 0.4) is 0 Å². The van der Waals surface area contributed by atoms with E-state index >= 15 is 0 Å². The largest absolute Gasteiger partial charge is 0.381 e. The SMILES string of the molecule is Cc1c(N)nnn1Cc1ccc(-c2ccccc2)cc1. The number of nitrogen functional groups attached to an aromatic ring is 1. The van der Waals surface area contributed by atoms with Crippen LogP contribution < -0.4 is 5.73 Å². The van der Waals surface area contributed by atoms with E-state index in [1.165, 1.54) is 16.7 Å². The molecule has 0 amide bonds. The fourth-order valence-corrected chi connectivity index (χ4v) is 2.13. The Balaban J connectivity index is 1.82. The van der Waals surface area contributed by atoms with Crippen molar-refractivity contribution in [3.05, 3.63) is 65.9 Å². The second kappa shape index (κ2) is 5.17. The monoisotopic (exact) mass is 264 g/mol. The number of rotatable bonds is 3. The Morgan fingerprint density at radius 2 is 1.60 bits per heavy atom. The van der Waals surface area contributed by atoms with Gasteiger partial charge in [0.25, 0.3) is 0 Å². The van der Waals surface area contributed by atoms with Crippen LogP contribution in [0.1, 0.15) is 11.3 Å². The van der Waals surface area contributed by atoms with E-state index in [2.05, 4.69) is 46.7 Å². The number of aromatic nitrogens is 3. The summed E-state index contributed by atoms with van der Waals surface area (Å²) in [5.41, 5.74) is 10.2. The maximum atomic E-state index is 5.70. The van der Waals surface area contributed by atoms with E-state index in [0.29, 0.717) is 12.4 Å². The smallest absolute Gasteiger partial charge is 0.168 e.